The van der Waals surface area contributed by atoms with Crippen molar-refractivity contribution in [3.05, 3.63) is 35.5 Å². The van der Waals surface area contributed by atoms with Crippen LogP contribution >= 0.6 is 11.6 Å². The number of halogens is 1. The zero-order valence-corrected chi connectivity index (χ0v) is 9.76. The first-order chi connectivity index (χ1) is 8.06. The van der Waals surface area contributed by atoms with Gasteiger partial charge in [-0.1, -0.05) is 11.6 Å². The predicted octanol–water partition coefficient (Wildman–Crippen LogP) is 2.13. The van der Waals surface area contributed by atoms with E-state index >= 15 is 0 Å². The number of benzene rings is 1. The van der Waals surface area contributed by atoms with Gasteiger partial charge in [-0.25, -0.2) is 0 Å². The van der Waals surface area contributed by atoms with Crippen molar-refractivity contribution in [2.45, 2.75) is 19.1 Å². The minimum atomic E-state index is -1.00. The van der Waals surface area contributed by atoms with Crippen molar-refractivity contribution < 1.29 is 15.0 Å². The molecule has 0 bridgehead atoms. The summed E-state index contributed by atoms with van der Waals surface area (Å²) in [5, 5.41) is 19.8. The Bertz CT molecular complexity index is 550. The van der Waals surface area contributed by atoms with Gasteiger partial charge in [0.05, 0.1) is 12.5 Å². The molecule has 1 aromatic heterocycles. The second-order valence-electron chi connectivity index (χ2n) is 3.92. The van der Waals surface area contributed by atoms with Gasteiger partial charge < -0.3 is 14.8 Å². The van der Waals surface area contributed by atoms with Crippen LogP contribution < -0.4 is 0 Å². The van der Waals surface area contributed by atoms with Crippen LogP contribution in [0.1, 0.15) is 6.42 Å². The van der Waals surface area contributed by atoms with Crippen LogP contribution in [0.25, 0.3) is 10.9 Å². The lowest BCUT2D eigenvalue weighted by atomic mass is 10.2. The van der Waals surface area contributed by atoms with Gasteiger partial charge in [-0.15, -0.1) is 0 Å². The van der Waals surface area contributed by atoms with Crippen molar-refractivity contribution in [1.82, 2.24) is 4.57 Å². The molecule has 1 atom stereocenters. The largest absolute Gasteiger partial charge is 0.481 e. The number of rotatable bonds is 4. The normalized spacial score (nSPS) is 12.8. The second kappa shape index (κ2) is 4.77. The van der Waals surface area contributed by atoms with E-state index in [1.54, 1.807) is 6.07 Å². The Labute approximate surface area is 103 Å². The summed E-state index contributed by atoms with van der Waals surface area (Å²) >= 11 is 5.87. The van der Waals surface area contributed by atoms with E-state index in [4.69, 9.17) is 16.7 Å². The number of carbonyl (C=O) groups is 1. The third-order valence-electron chi connectivity index (χ3n) is 2.55. The standard InChI is InChI=1S/C12H12ClNO3/c13-9-1-2-11-8(5-9)3-4-14(11)7-10(15)6-12(16)17/h1-5,10,15H,6-7H2,(H,16,17). The van der Waals surface area contributed by atoms with Crippen LogP contribution in [0.15, 0.2) is 30.5 Å². The van der Waals surface area contributed by atoms with Gasteiger partial charge in [0.1, 0.15) is 0 Å². The van der Waals surface area contributed by atoms with Crippen LogP contribution in [-0.2, 0) is 11.3 Å². The number of aliphatic carboxylic acids is 1. The third kappa shape index (κ3) is 2.78. The molecular weight excluding hydrogens is 242 g/mol. The van der Waals surface area contributed by atoms with Crippen LogP contribution in [0.5, 0.6) is 0 Å². The molecule has 0 saturated heterocycles. The lowest BCUT2D eigenvalue weighted by Crippen LogP contribution is -2.19. The fourth-order valence-electron chi connectivity index (χ4n) is 1.82. The fraction of sp³-hybridized carbons (Fsp3) is 0.250. The molecule has 2 aromatic rings. The molecule has 4 nitrogen and oxygen atoms in total. The molecule has 0 fully saturated rings. The van der Waals surface area contributed by atoms with E-state index in [9.17, 15) is 9.90 Å². The van der Waals surface area contributed by atoms with Gasteiger partial charge in [-0.05, 0) is 24.3 Å². The molecule has 0 radical (unpaired) electrons. The van der Waals surface area contributed by atoms with E-state index in [-0.39, 0.29) is 13.0 Å². The van der Waals surface area contributed by atoms with Gasteiger partial charge >= 0.3 is 5.97 Å². The summed E-state index contributed by atoms with van der Waals surface area (Å²) in [6.07, 6.45) is 0.665. The molecule has 5 heteroatoms. The number of carboxylic acid groups (broad SMARTS) is 1. The molecule has 0 amide bonds. The number of aliphatic hydroxyl groups is 1. The summed E-state index contributed by atoms with van der Waals surface area (Å²) in [6, 6.07) is 7.33. The molecule has 0 aliphatic carbocycles. The first kappa shape index (κ1) is 12.0. The Morgan fingerprint density at radius 3 is 2.88 bits per heavy atom. The number of aromatic nitrogens is 1. The number of nitrogens with zero attached hydrogens (tertiary/aromatic N) is 1. The minimum Gasteiger partial charge on any atom is -0.481 e. The molecule has 0 aliphatic rings. The van der Waals surface area contributed by atoms with E-state index in [2.05, 4.69) is 0 Å². The van der Waals surface area contributed by atoms with Crippen LogP contribution in [0.4, 0.5) is 0 Å². The zero-order valence-electron chi connectivity index (χ0n) is 9.01. The van der Waals surface area contributed by atoms with E-state index < -0.39 is 12.1 Å². The summed E-state index contributed by atoms with van der Waals surface area (Å²) in [7, 11) is 0. The molecule has 1 aromatic carbocycles. The molecule has 0 aliphatic heterocycles. The monoisotopic (exact) mass is 253 g/mol. The molecule has 1 heterocycles. The van der Waals surface area contributed by atoms with Gasteiger partial charge in [0.2, 0.25) is 0 Å². The SMILES string of the molecule is O=C(O)CC(O)Cn1ccc2cc(Cl)ccc21. The average Bonchev–Trinajstić information content (AvgIpc) is 2.59. The molecule has 0 saturated carbocycles. The maximum absolute atomic E-state index is 10.5. The summed E-state index contributed by atoms with van der Waals surface area (Å²) in [6.45, 7) is 0.261. The summed E-state index contributed by atoms with van der Waals surface area (Å²) in [5.41, 5.74) is 0.929. The third-order valence-corrected chi connectivity index (χ3v) is 2.79. The second-order valence-corrected chi connectivity index (χ2v) is 4.36. The van der Waals surface area contributed by atoms with Crippen LogP contribution in [0.3, 0.4) is 0 Å². The minimum absolute atomic E-state index is 0.257. The van der Waals surface area contributed by atoms with Crippen molar-refractivity contribution in [1.29, 1.82) is 0 Å². The lowest BCUT2D eigenvalue weighted by Gasteiger charge is -2.10. The maximum atomic E-state index is 10.5. The Morgan fingerprint density at radius 1 is 1.41 bits per heavy atom. The highest BCUT2D eigenvalue weighted by molar-refractivity contribution is 6.31. The highest BCUT2D eigenvalue weighted by atomic mass is 35.5. The topological polar surface area (TPSA) is 62.5 Å². The molecule has 2 rings (SSSR count). The first-order valence-electron chi connectivity index (χ1n) is 5.20. The Kier molecular flexibility index (Phi) is 3.36. The van der Waals surface area contributed by atoms with Gasteiger partial charge in [0.15, 0.2) is 0 Å². The summed E-state index contributed by atoms with van der Waals surface area (Å²) in [4.78, 5) is 10.5. The van der Waals surface area contributed by atoms with Crippen molar-refractivity contribution in [2.24, 2.45) is 0 Å². The summed E-state index contributed by atoms with van der Waals surface area (Å²) in [5.74, 6) is -1.00. The summed E-state index contributed by atoms with van der Waals surface area (Å²) < 4.78 is 1.82. The average molecular weight is 254 g/mol. The highest BCUT2D eigenvalue weighted by Gasteiger charge is 2.11. The Morgan fingerprint density at radius 2 is 2.18 bits per heavy atom. The quantitative estimate of drug-likeness (QED) is 0.877. The highest BCUT2D eigenvalue weighted by Crippen LogP contribution is 2.20. The maximum Gasteiger partial charge on any atom is 0.306 e. The van der Waals surface area contributed by atoms with Crippen LogP contribution in [-0.4, -0.2) is 26.9 Å². The zero-order chi connectivity index (χ0) is 12.4. The van der Waals surface area contributed by atoms with Crippen LogP contribution in [0, 0.1) is 0 Å². The van der Waals surface area contributed by atoms with E-state index in [1.165, 1.54) is 0 Å². The van der Waals surface area contributed by atoms with Gasteiger partial charge in [0, 0.05) is 28.7 Å². The smallest absolute Gasteiger partial charge is 0.306 e. The van der Waals surface area contributed by atoms with Gasteiger partial charge in [-0.3, -0.25) is 4.79 Å². The number of hydrogen-bond acceptors (Lipinski definition) is 2. The van der Waals surface area contributed by atoms with Crippen molar-refractivity contribution in [3.8, 4) is 0 Å². The molecule has 1 unspecified atom stereocenters. The molecule has 90 valence electrons. The number of carboxylic acids is 1. The van der Waals surface area contributed by atoms with Crippen LogP contribution in [0.2, 0.25) is 5.02 Å². The van der Waals surface area contributed by atoms with Gasteiger partial charge in [-0.2, -0.15) is 0 Å². The Hall–Kier alpha value is -1.52. The predicted molar refractivity (Wildman–Crippen MR) is 65.2 cm³/mol. The van der Waals surface area contributed by atoms with E-state index in [0.29, 0.717) is 5.02 Å². The molecule has 0 spiro atoms. The fourth-order valence-corrected chi connectivity index (χ4v) is 2.00. The first-order valence-corrected chi connectivity index (χ1v) is 5.58. The van der Waals surface area contributed by atoms with E-state index in [1.807, 2.05) is 29.0 Å². The van der Waals surface area contributed by atoms with Crippen molar-refractivity contribution >= 4 is 28.5 Å². The molecular formula is C12H12ClNO3. The Balaban J connectivity index is 2.22. The number of fused-ring (bicyclic) bond motifs is 1. The molecule has 17 heavy (non-hydrogen) atoms. The molecule has 2 N–H and O–H groups in total. The number of hydrogen-bond donors (Lipinski definition) is 2. The van der Waals surface area contributed by atoms with Crippen molar-refractivity contribution in [2.75, 3.05) is 0 Å². The van der Waals surface area contributed by atoms with Gasteiger partial charge in [0.25, 0.3) is 0 Å². The lowest BCUT2D eigenvalue weighted by molar-refractivity contribution is -0.139. The van der Waals surface area contributed by atoms with Crippen molar-refractivity contribution in [3.63, 3.8) is 0 Å². The van der Waals surface area contributed by atoms with E-state index in [0.717, 1.165) is 10.9 Å². The number of aliphatic hydroxyl groups excluding tert-OH is 1.